The molecular formula is C25H31N4O4+. The summed E-state index contributed by atoms with van der Waals surface area (Å²) in [6, 6.07) is 11.5. The van der Waals surface area contributed by atoms with Gasteiger partial charge in [0.25, 0.3) is 5.56 Å². The highest BCUT2D eigenvalue weighted by Crippen LogP contribution is 2.40. The molecule has 2 aromatic rings. The number of rotatable bonds is 7. The lowest BCUT2D eigenvalue weighted by Crippen LogP contribution is -3.14. The van der Waals surface area contributed by atoms with Crippen LogP contribution in [0.25, 0.3) is 0 Å². The van der Waals surface area contributed by atoms with Crippen molar-refractivity contribution in [3.63, 3.8) is 0 Å². The zero-order chi connectivity index (χ0) is 23.4. The molecule has 174 valence electrons. The summed E-state index contributed by atoms with van der Waals surface area (Å²) in [5.74, 6) is 0.605. The Morgan fingerprint density at radius 2 is 2.00 bits per heavy atom. The van der Waals surface area contributed by atoms with Crippen LogP contribution in [0.4, 0.5) is 0 Å². The molecule has 0 spiro atoms. The lowest BCUT2D eigenvalue weighted by molar-refractivity contribution is -0.908. The number of aryl methyl sites for hydroxylation is 1. The summed E-state index contributed by atoms with van der Waals surface area (Å²) >= 11 is 0. The third-order valence-corrected chi connectivity index (χ3v) is 6.33. The van der Waals surface area contributed by atoms with Crippen LogP contribution in [0, 0.1) is 18.3 Å². The number of hydrogen-bond acceptors (Lipinski definition) is 6. The summed E-state index contributed by atoms with van der Waals surface area (Å²) in [7, 11) is 0. The van der Waals surface area contributed by atoms with Crippen molar-refractivity contribution in [3.8, 4) is 17.6 Å². The quantitative estimate of drug-likeness (QED) is 0.653. The number of pyridine rings is 1. The minimum atomic E-state index is -0.585. The Bertz CT molecular complexity index is 1120. The maximum Gasteiger partial charge on any atom is 0.258 e. The fourth-order valence-electron chi connectivity index (χ4n) is 4.62. The highest BCUT2D eigenvalue weighted by atomic mass is 16.5. The van der Waals surface area contributed by atoms with E-state index in [9.17, 15) is 10.1 Å². The number of morpholine rings is 1. The van der Waals surface area contributed by atoms with Gasteiger partial charge in [-0.15, -0.1) is 0 Å². The van der Waals surface area contributed by atoms with E-state index in [4.69, 9.17) is 19.9 Å². The van der Waals surface area contributed by atoms with Gasteiger partial charge >= 0.3 is 0 Å². The minimum absolute atomic E-state index is 0.0383. The zero-order valence-corrected chi connectivity index (χ0v) is 19.2. The van der Waals surface area contributed by atoms with Crippen molar-refractivity contribution >= 4 is 0 Å². The average Bonchev–Trinajstić information content (AvgIpc) is 2.82. The van der Waals surface area contributed by atoms with Gasteiger partial charge < -0.3 is 29.4 Å². The summed E-state index contributed by atoms with van der Waals surface area (Å²) < 4.78 is 18.5. The van der Waals surface area contributed by atoms with Crippen LogP contribution in [0.1, 0.15) is 36.1 Å². The van der Waals surface area contributed by atoms with Gasteiger partial charge in [-0.2, -0.15) is 5.26 Å². The number of aromatic nitrogens is 1. The molecular weight excluding hydrogens is 420 g/mol. The lowest BCUT2D eigenvalue weighted by atomic mass is 9.84. The van der Waals surface area contributed by atoms with Gasteiger partial charge in [0.2, 0.25) is 5.88 Å². The van der Waals surface area contributed by atoms with E-state index >= 15 is 0 Å². The van der Waals surface area contributed by atoms with Crippen LogP contribution < -0.4 is 25.7 Å². The normalized spacial score (nSPS) is 18.4. The average molecular weight is 452 g/mol. The molecule has 3 heterocycles. The summed E-state index contributed by atoms with van der Waals surface area (Å²) in [4.78, 5) is 15.2. The molecule has 0 unspecified atom stereocenters. The molecule has 3 N–H and O–H groups in total. The summed E-state index contributed by atoms with van der Waals surface area (Å²) in [5.41, 5.74) is 8.27. The number of quaternary nitrogens is 1. The topological polar surface area (TPSA) is 104 Å². The van der Waals surface area contributed by atoms with E-state index in [1.54, 1.807) is 4.57 Å². The summed E-state index contributed by atoms with van der Waals surface area (Å²) in [5, 5.41) is 9.84. The number of nitriles is 1. The fourth-order valence-corrected chi connectivity index (χ4v) is 4.62. The summed E-state index contributed by atoms with van der Waals surface area (Å²) in [6.45, 7) is 9.57. The molecule has 2 aliphatic heterocycles. The van der Waals surface area contributed by atoms with Crippen LogP contribution in [-0.4, -0.2) is 44.0 Å². The summed E-state index contributed by atoms with van der Waals surface area (Å²) in [6.07, 6.45) is 0.881. The second-order valence-electron chi connectivity index (χ2n) is 8.41. The third kappa shape index (κ3) is 4.75. The molecule has 1 saturated heterocycles. The Balaban J connectivity index is 1.68. The Kier molecular flexibility index (Phi) is 7.02. The van der Waals surface area contributed by atoms with E-state index in [0.29, 0.717) is 24.5 Å². The smallest absolute Gasteiger partial charge is 0.258 e. The number of ether oxygens (including phenoxy) is 3. The van der Waals surface area contributed by atoms with Crippen LogP contribution in [-0.2, 0) is 11.3 Å². The maximum atomic E-state index is 13.7. The number of nitrogens with zero attached hydrogens (tertiary/aromatic N) is 2. The maximum absolute atomic E-state index is 13.7. The molecule has 4 rings (SSSR count). The van der Waals surface area contributed by atoms with Crippen molar-refractivity contribution < 1.29 is 19.1 Å². The van der Waals surface area contributed by atoms with Gasteiger partial charge in [0.05, 0.1) is 37.8 Å². The van der Waals surface area contributed by atoms with E-state index in [1.165, 1.54) is 4.90 Å². The highest BCUT2D eigenvalue weighted by molar-refractivity contribution is 5.55. The first kappa shape index (κ1) is 22.9. The zero-order valence-electron chi connectivity index (χ0n) is 19.2. The van der Waals surface area contributed by atoms with Crippen molar-refractivity contribution in [3.05, 3.63) is 69.0 Å². The van der Waals surface area contributed by atoms with Crippen molar-refractivity contribution in [2.75, 3.05) is 39.5 Å². The number of allylic oxidation sites excluding steroid dienone is 1. The number of nitrogens with two attached hydrogens (primary N) is 1. The molecule has 1 aromatic carbocycles. The van der Waals surface area contributed by atoms with Crippen LogP contribution in [0.2, 0.25) is 0 Å². The molecule has 0 bridgehead atoms. The van der Waals surface area contributed by atoms with Crippen molar-refractivity contribution in [1.29, 1.82) is 5.26 Å². The Hall–Kier alpha value is -3.28. The number of benzene rings is 1. The van der Waals surface area contributed by atoms with Gasteiger partial charge in [-0.05, 0) is 31.5 Å². The largest absolute Gasteiger partial charge is 0.494 e. The van der Waals surface area contributed by atoms with Crippen LogP contribution in [0.15, 0.2) is 46.6 Å². The fraction of sp³-hybridized carbons (Fsp3) is 0.440. The van der Waals surface area contributed by atoms with Crippen molar-refractivity contribution in [2.24, 2.45) is 5.73 Å². The van der Waals surface area contributed by atoms with Crippen LogP contribution in [0.3, 0.4) is 0 Å². The van der Waals surface area contributed by atoms with Gasteiger partial charge in [-0.1, -0.05) is 12.1 Å². The van der Waals surface area contributed by atoms with E-state index in [2.05, 4.69) is 6.07 Å². The first-order valence-electron chi connectivity index (χ1n) is 11.5. The predicted octanol–water partition coefficient (Wildman–Crippen LogP) is 1.08. The predicted molar refractivity (Wildman–Crippen MR) is 123 cm³/mol. The Morgan fingerprint density at radius 3 is 2.67 bits per heavy atom. The van der Waals surface area contributed by atoms with E-state index in [1.807, 2.05) is 44.2 Å². The number of fused-ring (bicyclic) bond motifs is 1. The first-order chi connectivity index (χ1) is 16.0. The third-order valence-electron chi connectivity index (χ3n) is 6.33. The number of hydrogen-bond donors (Lipinski definition) is 2. The second-order valence-corrected chi connectivity index (χ2v) is 8.41. The molecule has 33 heavy (non-hydrogen) atoms. The van der Waals surface area contributed by atoms with Gasteiger partial charge in [0.1, 0.15) is 36.2 Å². The van der Waals surface area contributed by atoms with E-state index < -0.39 is 5.92 Å². The molecule has 1 atom stereocenters. The van der Waals surface area contributed by atoms with Crippen LogP contribution >= 0.6 is 0 Å². The highest BCUT2D eigenvalue weighted by Gasteiger charge is 2.34. The van der Waals surface area contributed by atoms with Gasteiger partial charge in [-0.25, -0.2) is 0 Å². The SMILES string of the molecule is CCOc1ccc([C@H]2C(C#N)=C(N)Oc3cc(C)n(CCC[NH+]4CCOCC4)c(=O)c32)cc1. The molecule has 8 nitrogen and oxygen atoms in total. The Morgan fingerprint density at radius 1 is 1.27 bits per heavy atom. The monoisotopic (exact) mass is 451 g/mol. The molecule has 0 radical (unpaired) electrons. The van der Waals surface area contributed by atoms with Gasteiger partial charge in [0.15, 0.2) is 0 Å². The van der Waals surface area contributed by atoms with E-state index in [0.717, 1.165) is 56.3 Å². The van der Waals surface area contributed by atoms with Crippen molar-refractivity contribution in [1.82, 2.24) is 4.57 Å². The number of nitrogens with one attached hydrogen (secondary N) is 1. The van der Waals surface area contributed by atoms with Crippen LogP contribution in [0.5, 0.6) is 11.5 Å². The van der Waals surface area contributed by atoms with Gasteiger partial charge in [0, 0.05) is 24.7 Å². The second kappa shape index (κ2) is 10.1. The minimum Gasteiger partial charge on any atom is -0.494 e. The van der Waals surface area contributed by atoms with E-state index in [-0.39, 0.29) is 17.0 Å². The molecule has 1 aromatic heterocycles. The molecule has 8 heteroatoms. The van der Waals surface area contributed by atoms with Crippen molar-refractivity contribution in [2.45, 2.75) is 32.7 Å². The molecule has 0 aliphatic carbocycles. The molecule has 2 aliphatic rings. The van der Waals surface area contributed by atoms with Gasteiger partial charge in [-0.3, -0.25) is 4.79 Å². The standard InChI is InChI=1S/C25H30N4O4/c1-3-32-19-7-5-18(6-8-19)22-20(16-26)24(27)33-21-15-17(2)29(25(30)23(21)22)10-4-9-28-11-13-31-14-12-28/h5-8,15,22H,3-4,9-14,27H2,1-2H3/p+1/t22-/m0/s1. The lowest BCUT2D eigenvalue weighted by Gasteiger charge is -2.28. The molecule has 1 fully saturated rings. The molecule has 0 amide bonds. The molecule has 0 saturated carbocycles. The Labute approximate surface area is 193 Å². The first-order valence-corrected chi connectivity index (χ1v) is 11.5.